The molecule has 0 aliphatic heterocycles. The van der Waals surface area contributed by atoms with Crippen molar-refractivity contribution in [2.75, 3.05) is 0 Å². The molecular formula is C15H22N2O3Si. The van der Waals surface area contributed by atoms with Crippen molar-refractivity contribution in [1.82, 2.24) is 4.73 Å². The van der Waals surface area contributed by atoms with Gasteiger partial charge in [0.25, 0.3) is 8.32 Å². The molecule has 0 amide bonds. The maximum Gasteiger partial charge on any atom is 0.284 e. The number of benzene rings is 1. The lowest BCUT2D eigenvalue weighted by atomic mass is 10.2. The number of fused-ring (bicyclic) bond motifs is 1. The molecule has 0 spiro atoms. The Hall–Kier alpha value is -1.95. The van der Waals surface area contributed by atoms with Crippen molar-refractivity contribution in [2.45, 2.75) is 38.9 Å². The van der Waals surface area contributed by atoms with Gasteiger partial charge in [0.15, 0.2) is 5.49 Å². The van der Waals surface area contributed by atoms with Crippen molar-refractivity contribution in [3.63, 3.8) is 0 Å². The number of aromatic nitrogens is 1. The van der Waals surface area contributed by atoms with E-state index in [0.29, 0.717) is 10.9 Å². The topological polar surface area (TPSA) is 78.5 Å². The summed E-state index contributed by atoms with van der Waals surface area (Å²) in [6.45, 7) is 10.4. The second-order valence-corrected chi connectivity index (χ2v) is 11.4. The largest absolute Gasteiger partial charge is 0.507 e. The van der Waals surface area contributed by atoms with E-state index in [1.165, 1.54) is 16.9 Å². The average molecular weight is 306 g/mol. The van der Waals surface area contributed by atoms with Crippen LogP contribution in [0.1, 0.15) is 20.8 Å². The Kier molecular flexibility index (Phi) is 3.53. The summed E-state index contributed by atoms with van der Waals surface area (Å²) >= 11 is 0. The summed E-state index contributed by atoms with van der Waals surface area (Å²) in [5.74, 6) is 0.0333. The van der Waals surface area contributed by atoms with Gasteiger partial charge < -0.3 is 14.7 Å². The molecule has 0 saturated heterocycles. The van der Waals surface area contributed by atoms with Crippen LogP contribution < -0.4 is 10.0 Å². The van der Waals surface area contributed by atoms with Gasteiger partial charge in [0, 0.05) is 5.39 Å². The van der Waals surface area contributed by atoms with Crippen LogP contribution in [0, 0.1) is 5.41 Å². The second kappa shape index (κ2) is 4.80. The third kappa shape index (κ3) is 2.63. The monoisotopic (exact) mass is 306 g/mol. The minimum Gasteiger partial charge on any atom is -0.507 e. The van der Waals surface area contributed by atoms with E-state index >= 15 is 0 Å². The van der Waals surface area contributed by atoms with Gasteiger partial charge in [0.2, 0.25) is 0 Å². The molecule has 114 valence electrons. The van der Waals surface area contributed by atoms with E-state index in [2.05, 4.69) is 33.9 Å². The van der Waals surface area contributed by atoms with E-state index < -0.39 is 8.32 Å². The van der Waals surface area contributed by atoms with Gasteiger partial charge in [-0.1, -0.05) is 20.8 Å². The molecule has 0 bridgehead atoms. The second-order valence-electron chi connectivity index (χ2n) is 6.73. The summed E-state index contributed by atoms with van der Waals surface area (Å²) in [5.41, 5.74) is 0.459. The van der Waals surface area contributed by atoms with Crippen molar-refractivity contribution in [1.29, 1.82) is 5.41 Å². The van der Waals surface area contributed by atoms with E-state index in [1.807, 2.05) is 0 Å². The zero-order chi connectivity index (χ0) is 16.0. The number of phenolic OH excluding ortho intramolecular Hbond substituents is 2. The molecule has 21 heavy (non-hydrogen) atoms. The smallest absolute Gasteiger partial charge is 0.284 e. The number of aromatic hydroxyl groups is 2. The molecule has 2 aromatic rings. The summed E-state index contributed by atoms with van der Waals surface area (Å²) in [4.78, 5) is 0. The summed E-state index contributed by atoms with van der Waals surface area (Å²) < 4.78 is 7.48. The summed E-state index contributed by atoms with van der Waals surface area (Å²) in [5, 5.41) is 28.6. The number of nitrogens with one attached hydrogen (secondary N) is 1. The first kappa shape index (κ1) is 15.4. The van der Waals surface area contributed by atoms with Crippen molar-refractivity contribution in [3.8, 4) is 11.5 Å². The molecule has 0 radical (unpaired) electrons. The number of phenols is 2. The van der Waals surface area contributed by atoms with Crippen LogP contribution in [-0.2, 0) is 0 Å². The molecular weight excluding hydrogens is 284 g/mol. The zero-order valence-corrected chi connectivity index (χ0v) is 14.1. The van der Waals surface area contributed by atoms with Crippen LogP contribution in [0.25, 0.3) is 10.9 Å². The first-order valence-corrected chi connectivity index (χ1v) is 9.76. The minimum atomic E-state index is -2.18. The fourth-order valence-electron chi connectivity index (χ4n) is 1.77. The van der Waals surface area contributed by atoms with Crippen molar-refractivity contribution >= 4 is 19.2 Å². The molecule has 1 aromatic carbocycles. The summed E-state index contributed by atoms with van der Waals surface area (Å²) in [6.07, 6.45) is 0. The molecule has 0 saturated carbocycles. The van der Waals surface area contributed by atoms with Crippen LogP contribution in [-0.4, -0.2) is 23.3 Å². The van der Waals surface area contributed by atoms with Gasteiger partial charge in [-0.3, -0.25) is 5.41 Å². The third-order valence-corrected chi connectivity index (χ3v) is 8.38. The SMILES string of the molecule is CC(C)(C)[Si](C)(C)On1c(=N)ccc2c(O)ccc(O)c21. The van der Waals surface area contributed by atoms with Gasteiger partial charge >= 0.3 is 0 Å². The molecule has 1 heterocycles. The predicted molar refractivity (Wildman–Crippen MR) is 84.9 cm³/mol. The molecule has 3 N–H and O–H groups in total. The van der Waals surface area contributed by atoms with Gasteiger partial charge in [-0.2, -0.15) is 4.73 Å². The molecule has 2 rings (SSSR count). The lowest BCUT2D eigenvalue weighted by molar-refractivity contribution is 0.244. The van der Waals surface area contributed by atoms with Gasteiger partial charge in [0.05, 0.1) is 0 Å². The summed E-state index contributed by atoms with van der Waals surface area (Å²) in [7, 11) is -2.18. The van der Waals surface area contributed by atoms with Crippen LogP contribution in [0.15, 0.2) is 24.3 Å². The highest BCUT2D eigenvalue weighted by atomic mass is 28.4. The third-order valence-electron chi connectivity index (χ3n) is 4.13. The van der Waals surface area contributed by atoms with Gasteiger partial charge in [0.1, 0.15) is 17.0 Å². The molecule has 5 nitrogen and oxygen atoms in total. The first-order chi connectivity index (χ1) is 9.54. The Morgan fingerprint density at radius 3 is 2.19 bits per heavy atom. The van der Waals surface area contributed by atoms with E-state index in [0.717, 1.165) is 0 Å². The van der Waals surface area contributed by atoms with Crippen LogP contribution in [0.5, 0.6) is 11.5 Å². The molecule has 0 aliphatic carbocycles. The maximum atomic E-state index is 10.1. The van der Waals surface area contributed by atoms with Crippen LogP contribution >= 0.6 is 0 Å². The van der Waals surface area contributed by atoms with Gasteiger partial charge in [-0.05, 0) is 42.4 Å². The molecule has 0 atom stereocenters. The number of pyridine rings is 1. The highest BCUT2D eigenvalue weighted by Crippen LogP contribution is 2.36. The Bertz CT molecular complexity index is 745. The normalized spacial score (nSPS) is 12.6. The van der Waals surface area contributed by atoms with E-state index in [-0.39, 0.29) is 22.0 Å². The Morgan fingerprint density at radius 1 is 1.05 bits per heavy atom. The molecule has 6 heteroatoms. The molecule has 1 aromatic heterocycles. The Labute approximate surface area is 125 Å². The number of hydrogen-bond donors (Lipinski definition) is 3. The molecule has 0 fully saturated rings. The minimum absolute atomic E-state index is 0.0180. The zero-order valence-electron chi connectivity index (χ0n) is 13.1. The van der Waals surface area contributed by atoms with E-state index in [9.17, 15) is 10.2 Å². The van der Waals surface area contributed by atoms with Crippen LogP contribution in [0.3, 0.4) is 0 Å². The average Bonchev–Trinajstić information content (AvgIpc) is 2.35. The first-order valence-electron chi connectivity index (χ1n) is 6.85. The fourth-order valence-corrected chi connectivity index (χ4v) is 2.69. The fraction of sp³-hybridized carbons (Fsp3) is 0.400. The lowest BCUT2D eigenvalue weighted by Gasteiger charge is -2.36. The number of rotatable bonds is 2. The van der Waals surface area contributed by atoms with Crippen molar-refractivity contribution in [2.24, 2.45) is 0 Å². The highest BCUT2D eigenvalue weighted by Gasteiger charge is 2.40. The number of nitrogens with zero attached hydrogens (tertiary/aromatic N) is 1. The Balaban J connectivity index is 2.73. The maximum absolute atomic E-state index is 10.1. The van der Waals surface area contributed by atoms with Crippen LogP contribution in [0.2, 0.25) is 18.1 Å². The Morgan fingerprint density at radius 2 is 1.62 bits per heavy atom. The van der Waals surface area contributed by atoms with Crippen LogP contribution in [0.4, 0.5) is 0 Å². The number of hydrogen-bond acceptors (Lipinski definition) is 4. The quantitative estimate of drug-likeness (QED) is 0.589. The standard InChI is InChI=1S/C15H22N2O3Si/c1-15(2,3)21(4,5)20-17-13(16)9-6-10-11(18)7-8-12(19)14(10)17/h6-9,16,18-19H,1-5H3. The van der Waals surface area contributed by atoms with Crippen molar-refractivity contribution in [3.05, 3.63) is 29.8 Å². The highest BCUT2D eigenvalue weighted by molar-refractivity contribution is 6.74. The van der Waals surface area contributed by atoms with E-state index in [1.54, 1.807) is 12.1 Å². The van der Waals surface area contributed by atoms with Gasteiger partial charge in [-0.25, -0.2) is 0 Å². The van der Waals surface area contributed by atoms with Crippen molar-refractivity contribution < 1.29 is 14.7 Å². The predicted octanol–water partition coefficient (Wildman–Crippen LogP) is 2.97. The molecule has 0 unspecified atom stereocenters. The molecule has 0 aliphatic rings. The lowest BCUT2D eigenvalue weighted by Crippen LogP contribution is -2.50. The van der Waals surface area contributed by atoms with E-state index in [4.69, 9.17) is 9.94 Å². The van der Waals surface area contributed by atoms with Gasteiger partial charge in [-0.15, -0.1) is 0 Å². The summed E-state index contributed by atoms with van der Waals surface area (Å²) in [6, 6.07) is 5.99.